The molecular weight excluding hydrogens is 240 g/mol. The molecule has 0 radical (unpaired) electrons. The van der Waals surface area contributed by atoms with E-state index in [-0.39, 0.29) is 5.97 Å². The number of nitrogens with one attached hydrogen (secondary N) is 1. The van der Waals surface area contributed by atoms with Crippen LogP contribution in [0.25, 0.3) is 0 Å². The number of nitrogens with zero attached hydrogens (tertiary/aromatic N) is 1. The van der Waals surface area contributed by atoms with Gasteiger partial charge in [0.15, 0.2) is 0 Å². The molecule has 1 N–H and O–H groups in total. The summed E-state index contributed by atoms with van der Waals surface area (Å²) in [5.41, 5.74) is -0.607. The van der Waals surface area contributed by atoms with Gasteiger partial charge in [-0.25, -0.2) is 0 Å². The third-order valence-electron chi connectivity index (χ3n) is 3.73. The third-order valence-corrected chi connectivity index (χ3v) is 3.73. The quantitative estimate of drug-likeness (QED) is 0.651. The van der Waals surface area contributed by atoms with E-state index < -0.39 is 5.54 Å². The highest BCUT2D eigenvalue weighted by Gasteiger charge is 2.37. The lowest BCUT2D eigenvalue weighted by Gasteiger charge is -2.36. The molecule has 1 fully saturated rings. The van der Waals surface area contributed by atoms with Gasteiger partial charge in [0.1, 0.15) is 5.54 Å². The molecule has 0 aromatic heterocycles. The summed E-state index contributed by atoms with van der Waals surface area (Å²) < 4.78 is 5.23. The molecule has 0 heterocycles. The lowest BCUT2D eigenvalue weighted by molar-refractivity contribution is -0.151. The molecular formula is C15H30N2O2. The summed E-state index contributed by atoms with van der Waals surface area (Å²) in [5, 5.41) is 3.31. The number of rotatable bonds is 9. The summed E-state index contributed by atoms with van der Waals surface area (Å²) >= 11 is 0. The summed E-state index contributed by atoms with van der Waals surface area (Å²) in [6, 6.07) is 0.452. The zero-order valence-electron chi connectivity index (χ0n) is 13.2. The molecule has 1 rings (SSSR count). The average Bonchev–Trinajstić information content (AvgIpc) is 3.12. The first-order chi connectivity index (χ1) is 8.92. The highest BCUT2D eigenvalue weighted by molar-refractivity contribution is 5.80. The standard InChI is InChI=1S/C15H30N2O2/c1-6-16-15(5,14(18)19-7-2)11-17(12(3)4)10-13-8-9-13/h12-13,16H,6-11H2,1-5H3. The van der Waals surface area contributed by atoms with Crippen molar-refractivity contribution < 1.29 is 9.53 Å². The largest absolute Gasteiger partial charge is 0.465 e. The van der Waals surface area contributed by atoms with Crippen LogP contribution in [0, 0.1) is 5.92 Å². The van der Waals surface area contributed by atoms with Gasteiger partial charge in [-0.3, -0.25) is 9.69 Å². The molecule has 0 aliphatic heterocycles. The third kappa shape index (κ3) is 5.11. The van der Waals surface area contributed by atoms with E-state index in [0.717, 1.165) is 19.0 Å². The SMILES string of the molecule is CCNC(C)(CN(CC1CC1)C(C)C)C(=O)OCC. The normalized spacial score (nSPS) is 18.7. The van der Waals surface area contributed by atoms with Crippen LogP contribution in [0.3, 0.4) is 0 Å². The number of ether oxygens (including phenoxy) is 1. The van der Waals surface area contributed by atoms with Crippen LogP contribution in [-0.2, 0) is 9.53 Å². The van der Waals surface area contributed by atoms with Crippen molar-refractivity contribution in [3.8, 4) is 0 Å². The van der Waals surface area contributed by atoms with Gasteiger partial charge in [-0.15, -0.1) is 0 Å². The van der Waals surface area contributed by atoms with Gasteiger partial charge in [-0.1, -0.05) is 6.92 Å². The molecule has 1 saturated carbocycles. The Kier molecular flexibility index (Phi) is 6.27. The fraction of sp³-hybridized carbons (Fsp3) is 0.933. The zero-order chi connectivity index (χ0) is 14.5. The molecule has 0 bridgehead atoms. The minimum absolute atomic E-state index is 0.140. The van der Waals surface area contributed by atoms with Gasteiger partial charge in [0.05, 0.1) is 6.61 Å². The number of carbonyl (C=O) groups is 1. The lowest BCUT2D eigenvalue weighted by atomic mass is 10.0. The van der Waals surface area contributed by atoms with Gasteiger partial charge < -0.3 is 10.1 Å². The molecule has 0 aromatic rings. The second kappa shape index (κ2) is 7.25. The smallest absolute Gasteiger partial charge is 0.327 e. The molecule has 0 amide bonds. The highest BCUT2D eigenvalue weighted by Crippen LogP contribution is 2.30. The molecule has 4 heteroatoms. The minimum Gasteiger partial charge on any atom is -0.465 e. The van der Waals surface area contributed by atoms with Crippen molar-refractivity contribution in [3.05, 3.63) is 0 Å². The maximum absolute atomic E-state index is 12.2. The van der Waals surface area contributed by atoms with Crippen LogP contribution in [0.5, 0.6) is 0 Å². The van der Waals surface area contributed by atoms with Gasteiger partial charge in [0, 0.05) is 19.1 Å². The molecule has 112 valence electrons. The van der Waals surface area contributed by atoms with Crippen molar-refractivity contribution >= 4 is 5.97 Å². The predicted molar refractivity (Wildman–Crippen MR) is 78.1 cm³/mol. The predicted octanol–water partition coefficient (Wildman–Crippen LogP) is 2.04. The number of carbonyl (C=O) groups excluding carboxylic acids is 1. The Labute approximate surface area is 117 Å². The van der Waals surface area contributed by atoms with Crippen molar-refractivity contribution in [2.75, 3.05) is 26.2 Å². The molecule has 1 unspecified atom stereocenters. The topological polar surface area (TPSA) is 41.6 Å². The van der Waals surface area contributed by atoms with Crippen LogP contribution >= 0.6 is 0 Å². The first kappa shape index (κ1) is 16.4. The van der Waals surface area contributed by atoms with Crippen LogP contribution < -0.4 is 5.32 Å². The minimum atomic E-state index is -0.607. The number of esters is 1. The van der Waals surface area contributed by atoms with E-state index in [9.17, 15) is 4.79 Å². The Hall–Kier alpha value is -0.610. The van der Waals surface area contributed by atoms with Gasteiger partial charge in [-0.05, 0) is 53.0 Å². The molecule has 0 spiro atoms. The van der Waals surface area contributed by atoms with E-state index in [0.29, 0.717) is 19.2 Å². The number of likely N-dealkylation sites (N-methyl/N-ethyl adjacent to an activating group) is 1. The Morgan fingerprint density at radius 3 is 2.47 bits per heavy atom. The summed E-state index contributed by atoms with van der Waals surface area (Å²) in [7, 11) is 0. The van der Waals surface area contributed by atoms with E-state index in [1.165, 1.54) is 12.8 Å². The molecule has 1 aliphatic rings. The van der Waals surface area contributed by atoms with E-state index in [4.69, 9.17) is 4.74 Å². The van der Waals surface area contributed by atoms with Crippen molar-refractivity contribution in [2.45, 2.75) is 59.0 Å². The van der Waals surface area contributed by atoms with Crippen molar-refractivity contribution in [1.29, 1.82) is 0 Å². The van der Waals surface area contributed by atoms with Crippen LogP contribution in [0.4, 0.5) is 0 Å². The Bertz CT molecular complexity index is 290. The van der Waals surface area contributed by atoms with E-state index in [2.05, 4.69) is 24.1 Å². The Morgan fingerprint density at radius 1 is 1.42 bits per heavy atom. The van der Waals surface area contributed by atoms with Crippen molar-refractivity contribution in [1.82, 2.24) is 10.2 Å². The Balaban J connectivity index is 2.69. The summed E-state index contributed by atoms with van der Waals surface area (Å²) in [6.07, 6.45) is 2.67. The van der Waals surface area contributed by atoms with Gasteiger partial charge in [0.2, 0.25) is 0 Å². The van der Waals surface area contributed by atoms with Gasteiger partial charge in [-0.2, -0.15) is 0 Å². The monoisotopic (exact) mass is 270 g/mol. The number of hydrogen-bond acceptors (Lipinski definition) is 4. The zero-order valence-corrected chi connectivity index (χ0v) is 13.2. The molecule has 0 aromatic carbocycles. The van der Waals surface area contributed by atoms with Gasteiger partial charge >= 0.3 is 5.97 Å². The maximum atomic E-state index is 12.2. The second-order valence-corrected chi connectivity index (χ2v) is 6.05. The first-order valence-electron chi connectivity index (χ1n) is 7.59. The first-order valence-corrected chi connectivity index (χ1v) is 7.59. The summed E-state index contributed by atoms with van der Waals surface area (Å²) in [5.74, 6) is 0.689. The van der Waals surface area contributed by atoms with Crippen LogP contribution in [-0.4, -0.2) is 48.7 Å². The van der Waals surface area contributed by atoms with E-state index in [1.54, 1.807) is 0 Å². The summed E-state index contributed by atoms with van der Waals surface area (Å²) in [6.45, 7) is 13.2. The number of hydrogen-bond donors (Lipinski definition) is 1. The highest BCUT2D eigenvalue weighted by atomic mass is 16.5. The summed E-state index contributed by atoms with van der Waals surface area (Å²) in [4.78, 5) is 14.6. The fourth-order valence-corrected chi connectivity index (χ4v) is 2.37. The van der Waals surface area contributed by atoms with Crippen LogP contribution in [0.1, 0.15) is 47.5 Å². The average molecular weight is 270 g/mol. The molecule has 19 heavy (non-hydrogen) atoms. The lowest BCUT2D eigenvalue weighted by Crippen LogP contribution is -2.58. The van der Waals surface area contributed by atoms with Crippen LogP contribution in [0.15, 0.2) is 0 Å². The molecule has 1 atom stereocenters. The Morgan fingerprint density at radius 2 is 2.05 bits per heavy atom. The fourth-order valence-electron chi connectivity index (χ4n) is 2.37. The van der Waals surface area contributed by atoms with Crippen LogP contribution in [0.2, 0.25) is 0 Å². The van der Waals surface area contributed by atoms with Crippen molar-refractivity contribution in [3.63, 3.8) is 0 Å². The molecule has 4 nitrogen and oxygen atoms in total. The van der Waals surface area contributed by atoms with E-state index >= 15 is 0 Å². The molecule has 1 aliphatic carbocycles. The van der Waals surface area contributed by atoms with E-state index in [1.807, 2.05) is 20.8 Å². The maximum Gasteiger partial charge on any atom is 0.327 e. The second-order valence-electron chi connectivity index (χ2n) is 6.05. The van der Waals surface area contributed by atoms with Gasteiger partial charge in [0.25, 0.3) is 0 Å². The van der Waals surface area contributed by atoms with Crippen molar-refractivity contribution in [2.24, 2.45) is 5.92 Å². The molecule has 0 saturated heterocycles.